The molecule has 1 aliphatic rings. The quantitative estimate of drug-likeness (QED) is 0.742. The van der Waals surface area contributed by atoms with Gasteiger partial charge in [-0.2, -0.15) is 0 Å². The Morgan fingerprint density at radius 3 is 3.06 bits per heavy atom. The number of piperidine rings is 1. The molecule has 2 atom stereocenters. The molecule has 4 heteroatoms. The molecule has 0 spiro atoms. The van der Waals surface area contributed by atoms with Crippen molar-refractivity contribution in [3.63, 3.8) is 0 Å². The maximum atomic E-state index is 11.8. The molecule has 0 saturated carbocycles. The standard InChI is InChI=1S/C12H17NO2S/c1-13-7-3-5-9(12(14)15-2)11(13)10-6-4-8-16-10/h4,6,8-9,11H,3,5,7H2,1-2H3/t9-,11-/m0/s1. The highest BCUT2D eigenvalue weighted by molar-refractivity contribution is 7.10. The Morgan fingerprint density at radius 1 is 1.62 bits per heavy atom. The van der Waals surface area contributed by atoms with Crippen molar-refractivity contribution in [1.82, 2.24) is 4.90 Å². The SMILES string of the molecule is COC(=O)[C@H]1CCCN(C)[C@@H]1c1cccs1. The number of hydrogen-bond acceptors (Lipinski definition) is 4. The van der Waals surface area contributed by atoms with Crippen LogP contribution in [0.1, 0.15) is 23.8 Å². The lowest BCUT2D eigenvalue weighted by Crippen LogP contribution is -2.39. The van der Waals surface area contributed by atoms with E-state index in [0.717, 1.165) is 19.4 Å². The van der Waals surface area contributed by atoms with E-state index < -0.39 is 0 Å². The van der Waals surface area contributed by atoms with E-state index in [1.807, 2.05) is 6.07 Å². The molecule has 0 bridgehead atoms. The van der Waals surface area contributed by atoms with Crippen LogP contribution in [0.2, 0.25) is 0 Å². The van der Waals surface area contributed by atoms with Crippen LogP contribution in [0.5, 0.6) is 0 Å². The van der Waals surface area contributed by atoms with Crippen molar-refractivity contribution >= 4 is 17.3 Å². The van der Waals surface area contributed by atoms with Crippen LogP contribution in [0.4, 0.5) is 0 Å². The van der Waals surface area contributed by atoms with E-state index in [2.05, 4.69) is 23.4 Å². The van der Waals surface area contributed by atoms with E-state index in [1.165, 1.54) is 12.0 Å². The molecule has 0 amide bonds. The molecule has 0 unspecified atom stereocenters. The lowest BCUT2D eigenvalue weighted by molar-refractivity contribution is -0.149. The normalized spacial score (nSPS) is 26.6. The van der Waals surface area contributed by atoms with E-state index >= 15 is 0 Å². The van der Waals surface area contributed by atoms with E-state index in [1.54, 1.807) is 11.3 Å². The zero-order valence-corrected chi connectivity index (χ0v) is 10.5. The number of nitrogens with zero attached hydrogens (tertiary/aromatic N) is 1. The van der Waals surface area contributed by atoms with Crippen LogP contribution < -0.4 is 0 Å². The van der Waals surface area contributed by atoms with Crippen molar-refractivity contribution in [3.05, 3.63) is 22.4 Å². The summed E-state index contributed by atoms with van der Waals surface area (Å²) in [6, 6.07) is 4.34. The van der Waals surface area contributed by atoms with Crippen LogP contribution in [-0.4, -0.2) is 31.6 Å². The van der Waals surface area contributed by atoms with Crippen molar-refractivity contribution in [3.8, 4) is 0 Å². The van der Waals surface area contributed by atoms with Gasteiger partial charge in [0.2, 0.25) is 0 Å². The number of carbonyl (C=O) groups is 1. The maximum absolute atomic E-state index is 11.8. The summed E-state index contributed by atoms with van der Waals surface area (Å²) in [6.07, 6.45) is 2.00. The largest absolute Gasteiger partial charge is 0.469 e. The van der Waals surface area contributed by atoms with Crippen LogP contribution in [-0.2, 0) is 9.53 Å². The molecule has 1 aromatic heterocycles. The molecule has 0 aliphatic carbocycles. The fraction of sp³-hybridized carbons (Fsp3) is 0.583. The summed E-state index contributed by atoms with van der Waals surface area (Å²) in [6.45, 7) is 1.05. The number of thiophene rings is 1. The van der Waals surface area contributed by atoms with Gasteiger partial charge in [0.15, 0.2) is 0 Å². The maximum Gasteiger partial charge on any atom is 0.310 e. The van der Waals surface area contributed by atoms with Crippen LogP contribution in [0.25, 0.3) is 0 Å². The highest BCUT2D eigenvalue weighted by Crippen LogP contribution is 2.37. The molecule has 0 radical (unpaired) electrons. The van der Waals surface area contributed by atoms with Gasteiger partial charge in [-0.3, -0.25) is 9.69 Å². The van der Waals surface area contributed by atoms with Crippen LogP contribution >= 0.6 is 11.3 Å². The van der Waals surface area contributed by atoms with Gasteiger partial charge in [-0.25, -0.2) is 0 Å². The molecule has 0 N–H and O–H groups in total. The summed E-state index contributed by atoms with van der Waals surface area (Å²) >= 11 is 1.72. The molecule has 1 aliphatic heterocycles. The minimum atomic E-state index is -0.0787. The zero-order valence-electron chi connectivity index (χ0n) is 9.68. The second-order valence-corrected chi connectivity index (χ2v) is 5.19. The van der Waals surface area contributed by atoms with Crippen LogP contribution in [0.3, 0.4) is 0 Å². The van der Waals surface area contributed by atoms with Crippen molar-refractivity contribution < 1.29 is 9.53 Å². The first-order chi connectivity index (χ1) is 7.74. The summed E-state index contributed by atoms with van der Waals surface area (Å²) < 4.78 is 4.91. The number of ether oxygens (including phenoxy) is 1. The molecule has 16 heavy (non-hydrogen) atoms. The zero-order chi connectivity index (χ0) is 11.5. The van der Waals surface area contributed by atoms with Gasteiger partial charge in [-0.05, 0) is 37.9 Å². The molecule has 88 valence electrons. The number of methoxy groups -OCH3 is 1. The Hall–Kier alpha value is -0.870. The Morgan fingerprint density at radius 2 is 2.44 bits per heavy atom. The first kappa shape index (κ1) is 11.6. The van der Waals surface area contributed by atoms with Crippen molar-refractivity contribution in [2.75, 3.05) is 20.7 Å². The Kier molecular flexibility index (Phi) is 3.61. The third kappa shape index (κ3) is 2.13. The second kappa shape index (κ2) is 4.97. The number of rotatable bonds is 2. The van der Waals surface area contributed by atoms with E-state index in [9.17, 15) is 4.79 Å². The van der Waals surface area contributed by atoms with Gasteiger partial charge in [0.25, 0.3) is 0 Å². The first-order valence-electron chi connectivity index (χ1n) is 5.55. The smallest absolute Gasteiger partial charge is 0.310 e. The highest BCUT2D eigenvalue weighted by atomic mass is 32.1. The number of esters is 1. The van der Waals surface area contributed by atoms with Gasteiger partial charge in [0.05, 0.1) is 19.1 Å². The average Bonchev–Trinajstić information content (AvgIpc) is 2.81. The minimum absolute atomic E-state index is 0.0117. The third-order valence-corrected chi connectivity index (χ3v) is 4.16. The fourth-order valence-electron chi connectivity index (χ4n) is 2.44. The lowest BCUT2D eigenvalue weighted by atomic mass is 9.88. The third-order valence-electron chi connectivity index (χ3n) is 3.22. The molecule has 1 fully saturated rings. The van der Waals surface area contributed by atoms with E-state index in [-0.39, 0.29) is 17.9 Å². The monoisotopic (exact) mass is 239 g/mol. The van der Waals surface area contributed by atoms with Gasteiger partial charge in [0.1, 0.15) is 0 Å². The summed E-state index contributed by atoms with van der Waals surface area (Å²) in [5.74, 6) is -0.0904. The van der Waals surface area contributed by atoms with Gasteiger partial charge in [-0.1, -0.05) is 6.07 Å². The number of carbonyl (C=O) groups excluding carboxylic acids is 1. The summed E-state index contributed by atoms with van der Waals surface area (Å²) in [7, 11) is 3.56. The predicted molar refractivity (Wildman–Crippen MR) is 64.4 cm³/mol. The number of hydrogen-bond donors (Lipinski definition) is 0. The van der Waals surface area contributed by atoms with Crippen molar-refractivity contribution in [2.45, 2.75) is 18.9 Å². The van der Waals surface area contributed by atoms with Crippen LogP contribution in [0.15, 0.2) is 17.5 Å². The summed E-state index contributed by atoms with van der Waals surface area (Å²) in [4.78, 5) is 15.3. The number of likely N-dealkylation sites (tertiary alicyclic amines) is 1. The summed E-state index contributed by atoms with van der Waals surface area (Å²) in [5.41, 5.74) is 0. The molecule has 1 saturated heterocycles. The Balaban J connectivity index is 2.24. The van der Waals surface area contributed by atoms with Crippen molar-refractivity contribution in [1.29, 1.82) is 0 Å². The van der Waals surface area contributed by atoms with Gasteiger partial charge in [-0.15, -0.1) is 11.3 Å². The van der Waals surface area contributed by atoms with E-state index in [0.29, 0.717) is 0 Å². The Bertz CT molecular complexity index is 350. The fourth-order valence-corrected chi connectivity index (χ4v) is 3.39. The van der Waals surface area contributed by atoms with Crippen LogP contribution in [0, 0.1) is 5.92 Å². The topological polar surface area (TPSA) is 29.5 Å². The molecule has 3 nitrogen and oxygen atoms in total. The second-order valence-electron chi connectivity index (χ2n) is 4.21. The minimum Gasteiger partial charge on any atom is -0.469 e. The van der Waals surface area contributed by atoms with Gasteiger partial charge < -0.3 is 4.74 Å². The summed E-state index contributed by atoms with van der Waals surface area (Å²) in [5, 5.41) is 2.06. The molecular formula is C12H17NO2S. The molecular weight excluding hydrogens is 222 g/mol. The van der Waals surface area contributed by atoms with Gasteiger partial charge in [0, 0.05) is 4.88 Å². The lowest BCUT2D eigenvalue weighted by Gasteiger charge is -2.37. The Labute approximate surface area is 100 Å². The predicted octanol–water partition coefficient (Wildman–Crippen LogP) is 2.30. The first-order valence-corrected chi connectivity index (χ1v) is 6.43. The van der Waals surface area contributed by atoms with Crippen molar-refractivity contribution in [2.24, 2.45) is 5.92 Å². The molecule has 2 heterocycles. The molecule has 0 aromatic carbocycles. The highest BCUT2D eigenvalue weighted by Gasteiger charge is 2.36. The molecule has 2 rings (SSSR count). The molecule has 1 aromatic rings. The van der Waals surface area contributed by atoms with E-state index in [4.69, 9.17) is 4.74 Å². The average molecular weight is 239 g/mol. The van der Waals surface area contributed by atoms with Gasteiger partial charge >= 0.3 is 5.97 Å².